The van der Waals surface area contributed by atoms with Crippen molar-refractivity contribution in [1.82, 2.24) is 0 Å². The van der Waals surface area contributed by atoms with Crippen LogP contribution in [0, 0.1) is 5.92 Å². The summed E-state index contributed by atoms with van der Waals surface area (Å²) in [6.45, 7) is 2.73. The molecule has 0 saturated carbocycles. The molecule has 84 valence electrons. The minimum atomic E-state index is -0.399. The standard InChI is InChI=1S/C10H15NO3S/c1-7(3-11)5-15-6-8-2-9(12)10(13)4-14-8/h2,4,7,13H,3,5-6,11H2,1H3. The van der Waals surface area contributed by atoms with Crippen LogP contribution in [0.5, 0.6) is 5.75 Å². The molecule has 5 heteroatoms. The molecule has 1 unspecified atom stereocenters. The summed E-state index contributed by atoms with van der Waals surface area (Å²) in [5.74, 6) is 2.24. The number of hydrogen-bond acceptors (Lipinski definition) is 5. The highest BCUT2D eigenvalue weighted by atomic mass is 32.2. The lowest BCUT2D eigenvalue weighted by atomic mass is 10.2. The van der Waals surface area contributed by atoms with Gasteiger partial charge in [-0.25, -0.2) is 0 Å². The van der Waals surface area contributed by atoms with Crippen molar-refractivity contribution in [1.29, 1.82) is 0 Å². The minimum absolute atomic E-state index is 0.348. The van der Waals surface area contributed by atoms with Crippen LogP contribution in [-0.2, 0) is 5.75 Å². The molecule has 15 heavy (non-hydrogen) atoms. The Labute approximate surface area is 92.5 Å². The van der Waals surface area contributed by atoms with Gasteiger partial charge in [0, 0.05) is 6.07 Å². The fourth-order valence-electron chi connectivity index (χ4n) is 0.948. The zero-order chi connectivity index (χ0) is 11.3. The van der Waals surface area contributed by atoms with E-state index in [0.717, 1.165) is 12.0 Å². The highest BCUT2D eigenvalue weighted by Crippen LogP contribution is 2.15. The monoisotopic (exact) mass is 229 g/mol. The smallest absolute Gasteiger partial charge is 0.226 e. The highest BCUT2D eigenvalue weighted by Gasteiger charge is 2.03. The summed E-state index contributed by atoms with van der Waals surface area (Å²) in [7, 11) is 0. The Balaban J connectivity index is 2.45. The molecule has 0 aromatic carbocycles. The summed E-state index contributed by atoms with van der Waals surface area (Å²) >= 11 is 1.66. The average molecular weight is 229 g/mol. The normalized spacial score (nSPS) is 12.7. The van der Waals surface area contributed by atoms with Crippen molar-refractivity contribution < 1.29 is 9.52 Å². The Kier molecular flexibility index (Phi) is 4.71. The van der Waals surface area contributed by atoms with E-state index < -0.39 is 5.43 Å². The van der Waals surface area contributed by atoms with Crippen molar-refractivity contribution >= 4 is 11.8 Å². The van der Waals surface area contributed by atoms with Crippen LogP contribution in [0.1, 0.15) is 12.7 Å². The fourth-order valence-corrected chi connectivity index (χ4v) is 1.96. The van der Waals surface area contributed by atoms with Crippen molar-refractivity contribution in [3.05, 3.63) is 28.3 Å². The van der Waals surface area contributed by atoms with E-state index in [1.807, 2.05) is 0 Å². The second-order valence-electron chi connectivity index (χ2n) is 3.45. The van der Waals surface area contributed by atoms with Crippen LogP contribution < -0.4 is 11.2 Å². The molecule has 1 aromatic rings. The molecule has 0 aliphatic carbocycles. The lowest BCUT2D eigenvalue weighted by Gasteiger charge is -2.06. The van der Waals surface area contributed by atoms with Gasteiger partial charge in [0.2, 0.25) is 5.43 Å². The number of nitrogens with two attached hydrogens (primary N) is 1. The summed E-state index contributed by atoms with van der Waals surface area (Å²) in [6.07, 6.45) is 1.07. The first-order valence-corrected chi connectivity index (χ1v) is 5.87. The molecule has 1 heterocycles. The molecule has 1 aromatic heterocycles. The topological polar surface area (TPSA) is 76.5 Å². The highest BCUT2D eigenvalue weighted by molar-refractivity contribution is 7.98. The van der Waals surface area contributed by atoms with Gasteiger partial charge in [0.25, 0.3) is 0 Å². The van der Waals surface area contributed by atoms with E-state index in [-0.39, 0.29) is 5.75 Å². The van der Waals surface area contributed by atoms with Crippen LogP contribution in [0.2, 0.25) is 0 Å². The van der Waals surface area contributed by atoms with Crippen LogP contribution in [0.25, 0.3) is 0 Å². The fraction of sp³-hybridized carbons (Fsp3) is 0.500. The van der Waals surface area contributed by atoms with E-state index in [1.54, 1.807) is 11.8 Å². The van der Waals surface area contributed by atoms with E-state index in [2.05, 4.69) is 6.92 Å². The number of thioether (sulfide) groups is 1. The molecule has 0 aliphatic heterocycles. The third-order valence-corrected chi connectivity index (χ3v) is 3.21. The maximum absolute atomic E-state index is 11.1. The summed E-state index contributed by atoms with van der Waals surface area (Å²) in [4.78, 5) is 11.1. The van der Waals surface area contributed by atoms with Crippen molar-refractivity contribution in [3.63, 3.8) is 0 Å². The molecule has 0 bridgehead atoms. The van der Waals surface area contributed by atoms with Gasteiger partial charge in [-0.15, -0.1) is 0 Å². The van der Waals surface area contributed by atoms with Crippen LogP contribution in [0.4, 0.5) is 0 Å². The van der Waals surface area contributed by atoms with E-state index in [0.29, 0.717) is 24.0 Å². The molecule has 1 rings (SSSR count). The van der Waals surface area contributed by atoms with Gasteiger partial charge in [-0.3, -0.25) is 4.79 Å². The first kappa shape index (κ1) is 12.1. The summed E-state index contributed by atoms with van der Waals surface area (Å²) in [5, 5.41) is 8.97. The SMILES string of the molecule is CC(CN)CSCc1cc(=O)c(O)co1. The third kappa shape index (κ3) is 3.97. The van der Waals surface area contributed by atoms with Gasteiger partial charge < -0.3 is 15.3 Å². The lowest BCUT2D eigenvalue weighted by Crippen LogP contribution is -2.12. The van der Waals surface area contributed by atoms with Crippen molar-refractivity contribution in [2.24, 2.45) is 11.7 Å². The molecule has 0 amide bonds. The second-order valence-corrected chi connectivity index (χ2v) is 4.48. The van der Waals surface area contributed by atoms with Gasteiger partial charge in [0.05, 0.1) is 5.75 Å². The van der Waals surface area contributed by atoms with Gasteiger partial charge >= 0.3 is 0 Å². The van der Waals surface area contributed by atoms with E-state index in [9.17, 15) is 4.79 Å². The Morgan fingerprint density at radius 1 is 1.67 bits per heavy atom. The molecule has 3 N–H and O–H groups in total. The summed E-state index contributed by atoms with van der Waals surface area (Å²) in [6, 6.07) is 1.31. The molecule has 1 atom stereocenters. The number of rotatable bonds is 5. The summed E-state index contributed by atoms with van der Waals surface area (Å²) in [5.41, 5.74) is 5.08. The Hall–Kier alpha value is -0.940. The second kappa shape index (κ2) is 5.82. The Bertz CT molecular complexity index is 364. The van der Waals surface area contributed by atoms with Gasteiger partial charge in [-0.1, -0.05) is 6.92 Å². The molecule has 0 fully saturated rings. The van der Waals surface area contributed by atoms with E-state index in [1.165, 1.54) is 6.07 Å². The Morgan fingerprint density at radius 3 is 3.00 bits per heavy atom. The molecule has 0 spiro atoms. The quantitative estimate of drug-likeness (QED) is 0.792. The average Bonchev–Trinajstić information content (AvgIpc) is 2.23. The first-order chi connectivity index (χ1) is 7.13. The lowest BCUT2D eigenvalue weighted by molar-refractivity contribution is 0.419. The van der Waals surface area contributed by atoms with Crippen molar-refractivity contribution in [3.8, 4) is 5.75 Å². The van der Waals surface area contributed by atoms with Crippen LogP contribution in [0.15, 0.2) is 21.5 Å². The van der Waals surface area contributed by atoms with Gasteiger partial charge in [0.15, 0.2) is 5.75 Å². The van der Waals surface area contributed by atoms with Crippen molar-refractivity contribution in [2.45, 2.75) is 12.7 Å². The molecule has 0 aliphatic rings. The van der Waals surface area contributed by atoms with Crippen molar-refractivity contribution in [2.75, 3.05) is 12.3 Å². The third-order valence-electron chi connectivity index (χ3n) is 1.92. The maximum Gasteiger partial charge on any atom is 0.226 e. The minimum Gasteiger partial charge on any atom is -0.502 e. The Morgan fingerprint density at radius 2 is 2.40 bits per heavy atom. The number of hydrogen-bond donors (Lipinski definition) is 2. The number of aromatic hydroxyl groups is 1. The largest absolute Gasteiger partial charge is 0.502 e. The van der Waals surface area contributed by atoms with E-state index in [4.69, 9.17) is 15.3 Å². The van der Waals surface area contributed by atoms with Gasteiger partial charge in [-0.05, 0) is 18.2 Å². The predicted molar refractivity (Wildman–Crippen MR) is 61.0 cm³/mol. The maximum atomic E-state index is 11.1. The molecular formula is C10H15NO3S. The van der Waals surface area contributed by atoms with Crippen LogP contribution in [0.3, 0.4) is 0 Å². The molecule has 0 saturated heterocycles. The summed E-state index contributed by atoms with van der Waals surface area (Å²) < 4.78 is 5.05. The van der Waals surface area contributed by atoms with E-state index >= 15 is 0 Å². The first-order valence-electron chi connectivity index (χ1n) is 4.72. The van der Waals surface area contributed by atoms with Crippen LogP contribution >= 0.6 is 11.8 Å². The molecular weight excluding hydrogens is 214 g/mol. The molecule has 4 nitrogen and oxygen atoms in total. The van der Waals surface area contributed by atoms with Crippen LogP contribution in [-0.4, -0.2) is 17.4 Å². The predicted octanol–water partition coefficient (Wildman–Crippen LogP) is 1.17. The zero-order valence-corrected chi connectivity index (χ0v) is 9.42. The zero-order valence-electron chi connectivity index (χ0n) is 8.60. The van der Waals surface area contributed by atoms with Gasteiger partial charge in [0.1, 0.15) is 12.0 Å². The molecule has 0 radical (unpaired) electrons. The van der Waals surface area contributed by atoms with Gasteiger partial charge in [-0.2, -0.15) is 11.8 Å².